The number of alkyl halides is 3. The molecule has 27 heavy (non-hydrogen) atoms. The second-order valence-electron chi connectivity index (χ2n) is 5.97. The van der Waals surface area contributed by atoms with Crippen LogP contribution in [0.2, 0.25) is 0 Å². The van der Waals surface area contributed by atoms with Crippen LogP contribution in [0.3, 0.4) is 0 Å². The van der Waals surface area contributed by atoms with Gasteiger partial charge in [0.05, 0.1) is 13.2 Å². The summed E-state index contributed by atoms with van der Waals surface area (Å²) in [5, 5.41) is 2.89. The highest BCUT2D eigenvalue weighted by atomic mass is 19.4. The first-order chi connectivity index (χ1) is 12.9. The van der Waals surface area contributed by atoms with Crippen molar-refractivity contribution in [1.82, 2.24) is 9.97 Å². The lowest BCUT2D eigenvalue weighted by Crippen LogP contribution is -2.13. The summed E-state index contributed by atoms with van der Waals surface area (Å²) in [6, 6.07) is 7.07. The minimum absolute atomic E-state index is 0.0288. The van der Waals surface area contributed by atoms with Crippen LogP contribution in [-0.2, 0) is 6.18 Å². The van der Waals surface area contributed by atoms with Crippen LogP contribution < -0.4 is 14.8 Å². The molecule has 1 N–H and O–H groups in total. The van der Waals surface area contributed by atoms with Crippen molar-refractivity contribution in [2.75, 3.05) is 18.5 Å². The Kier molecular flexibility index (Phi) is 7.69. The molecule has 2 aromatic rings. The van der Waals surface area contributed by atoms with Gasteiger partial charge in [0.25, 0.3) is 0 Å². The Balaban J connectivity index is 2.17. The average Bonchev–Trinajstić information content (AvgIpc) is 2.63. The molecule has 148 valence electrons. The fraction of sp³-hybridized carbons (Fsp3) is 0.474. The summed E-state index contributed by atoms with van der Waals surface area (Å²) in [6.45, 7) is 4.76. The molecule has 0 aliphatic rings. The van der Waals surface area contributed by atoms with Gasteiger partial charge in [-0.25, -0.2) is 4.98 Å². The fourth-order valence-corrected chi connectivity index (χ4v) is 2.26. The lowest BCUT2D eigenvalue weighted by atomic mass is 10.2. The maximum absolute atomic E-state index is 13.2. The summed E-state index contributed by atoms with van der Waals surface area (Å²) in [4.78, 5) is 7.69. The van der Waals surface area contributed by atoms with Crippen LogP contribution >= 0.6 is 0 Å². The molecular formula is C19H24F3N3O2. The predicted octanol–water partition coefficient (Wildman–Crippen LogP) is 5.60. The van der Waals surface area contributed by atoms with Crippen molar-refractivity contribution in [2.24, 2.45) is 0 Å². The van der Waals surface area contributed by atoms with E-state index in [1.807, 2.05) is 13.8 Å². The number of unbranched alkanes of at least 4 members (excludes halogenated alkanes) is 2. The van der Waals surface area contributed by atoms with Crippen LogP contribution in [0.25, 0.3) is 0 Å². The average molecular weight is 383 g/mol. The van der Waals surface area contributed by atoms with E-state index in [9.17, 15) is 13.2 Å². The molecule has 0 fully saturated rings. The van der Waals surface area contributed by atoms with Crippen LogP contribution in [0.5, 0.6) is 11.6 Å². The van der Waals surface area contributed by atoms with Crippen molar-refractivity contribution >= 4 is 11.6 Å². The Bertz CT molecular complexity index is 724. The number of halogens is 3. The first-order valence-electron chi connectivity index (χ1n) is 9.01. The number of benzene rings is 1. The van der Waals surface area contributed by atoms with E-state index in [4.69, 9.17) is 9.47 Å². The van der Waals surface area contributed by atoms with E-state index >= 15 is 0 Å². The zero-order valence-corrected chi connectivity index (χ0v) is 15.5. The third-order valence-corrected chi connectivity index (χ3v) is 3.61. The standard InChI is InChI=1S/C19H24F3N3O2/c1-3-5-6-11-27-17-16(19(20,21)22)13-23-18(25-17)24-14-8-7-9-15(12-14)26-10-4-2/h7-9,12-13H,3-6,10-11H2,1-2H3,(H,23,24,25). The van der Waals surface area contributed by atoms with Gasteiger partial charge in [-0.2, -0.15) is 18.2 Å². The quantitative estimate of drug-likeness (QED) is 0.542. The van der Waals surface area contributed by atoms with Gasteiger partial charge in [-0.15, -0.1) is 0 Å². The predicted molar refractivity (Wildman–Crippen MR) is 97.6 cm³/mol. The molecule has 0 spiro atoms. The van der Waals surface area contributed by atoms with E-state index in [1.54, 1.807) is 24.3 Å². The van der Waals surface area contributed by atoms with Gasteiger partial charge in [-0.3, -0.25) is 0 Å². The Morgan fingerprint density at radius 1 is 1.04 bits per heavy atom. The molecule has 1 aromatic heterocycles. The van der Waals surface area contributed by atoms with Crippen molar-refractivity contribution in [3.05, 3.63) is 36.0 Å². The molecule has 0 unspecified atom stereocenters. The SMILES string of the molecule is CCCCCOc1nc(Nc2cccc(OCCC)c2)ncc1C(F)(F)F. The summed E-state index contributed by atoms with van der Waals surface area (Å²) in [5.74, 6) is 0.223. The molecule has 2 rings (SSSR count). The third-order valence-electron chi connectivity index (χ3n) is 3.61. The van der Waals surface area contributed by atoms with Crippen LogP contribution in [0, 0.1) is 0 Å². The Morgan fingerprint density at radius 2 is 1.85 bits per heavy atom. The van der Waals surface area contributed by atoms with E-state index in [-0.39, 0.29) is 12.6 Å². The minimum atomic E-state index is -4.58. The van der Waals surface area contributed by atoms with Gasteiger partial charge in [0, 0.05) is 18.0 Å². The topological polar surface area (TPSA) is 56.3 Å². The molecule has 0 bridgehead atoms. The fourth-order valence-electron chi connectivity index (χ4n) is 2.26. The number of nitrogens with one attached hydrogen (secondary N) is 1. The molecular weight excluding hydrogens is 359 g/mol. The van der Waals surface area contributed by atoms with Gasteiger partial charge in [-0.1, -0.05) is 32.8 Å². The highest BCUT2D eigenvalue weighted by Gasteiger charge is 2.36. The molecule has 1 heterocycles. The van der Waals surface area contributed by atoms with Gasteiger partial charge < -0.3 is 14.8 Å². The van der Waals surface area contributed by atoms with Gasteiger partial charge in [0.2, 0.25) is 11.8 Å². The van der Waals surface area contributed by atoms with E-state index in [1.165, 1.54) is 0 Å². The first-order valence-corrected chi connectivity index (χ1v) is 9.01. The molecule has 0 atom stereocenters. The van der Waals surface area contributed by atoms with E-state index in [2.05, 4.69) is 15.3 Å². The number of aromatic nitrogens is 2. The van der Waals surface area contributed by atoms with E-state index in [0.29, 0.717) is 24.5 Å². The van der Waals surface area contributed by atoms with Crippen LogP contribution in [0.4, 0.5) is 24.8 Å². The van der Waals surface area contributed by atoms with E-state index in [0.717, 1.165) is 25.5 Å². The molecule has 0 saturated heterocycles. The highest BCUT2D eigenvalue weighted by Crippen LogP contribution is 2.35. The summed E-state index contributed by atoms with van der Waals surface area (Å²) < 4.78 is 50.3. The third kappa shape index (κ3) is 6.62. The van der Waals surface area contributed by atoms with Crippen molar-refractivity contribution in [1.29, 1.82) is 0 Å². The molecule has 5 nitrogen and oxygen atoms in total. The van der Waals surface area contributed by atoms with E-state index < -0.39 is 17.6 Å². The summed E-state index contributed by atoms with van der Waals surface area (Å²) in [6.07, 6.45) is -0.477. The largest absolute Gasteiger partial charge is 0.494 e. The number of rotatable bonds is 10. The summed E-state index contributed by atoms with van der Waals surface area (Å²) in [7, 11) is 0. The van der Waals surface area contributed by atoms with Crippen molar-refractivity contribution in [3.8, 4) is 11.6 Å². The summed E-state index contributed by atoms with van der Waals surface area (Å²) in [5.41, 5.74) is -0.370. The normalized spacial score (nSPS) is 11.3. The number of hydrogen-bond acceptors (Lipinski definition) is 5. The number of nitrogens with zero attached hydrogens (tertiary/aromatic N) is 2. The number of ether oxygens (including phenoxy) is 2. The van der Waals surface area contributed by atoms with Crippen LogP contribution in [0.1, 0.15) is 45.1 Å². The molecule has 0 aliphatic carbocycles. The van der Waals surface area contributed by atoms with Crippen LogP contribution in [-0.4, -0.2) is 23.2 Å². The Labute approximate surface area is 156 Å². The zero-order valence-electron chi connectivity index (χ0n) is 15.5. The number of hydrogen-bond donors (Lipinski definition) is 1. The van der Waals surface area contributed by atoms with Crippen molar-refractivity contribution in [2.45, 2.75) is 45.7 Å². The minimum Gasteiger partial charge on any atom is -0.494 e. The van der Waals surface area contributed by atoms with Gasteiger partial charge in [-0.05, 0) is 25.0 Å². The first kappa shape index (κ1) is 20.8. The lowest BCUT2D eigenvalue weighted by molar-refractivity contribution is -0.139. The summed E-state index contributed by atoms with van der Waals surface area (Å²) >= 11 is 0. The van der Waals surface area contributed by atoms with Gasteiger partial charge in [0.15, 0.2) is 0 Å². The molecule has 8 heteroatoms. The second kappa shape index (κ2) is 9.99. The van der Waals surface area contributed by atoms with Crippen molar-refractivity contribution < 1.29 is 22.6 Å². The molecule has 0 amide bonds. The lowest BCUT2D eigenvalue weighted by Gasteiger charge is -2.14. The molecule has 1 aromatic carbocycles. The molecule has 0 aliphatic heterocycles. The second-order valence-corrected chi connectivity index (χ2v) is 5.97. The van der Waals surface area contributed by atoms with Crippen molar-refractivity contribution in [3.63, 3.8) is 0 Å². The van der Waals surface area contributed by atoms with Crippen LogP contribution in [0.15, 0.2) is 30.5 Å². The molecule has 0 radical (unpaired) electrons. The maximum atomic E-state index is 13.2. The maximum Gasteiger partial charge on any atom is 0.423 e. The van der Waals surface area contributed by atoms with Gasteiger partial charge in [0.1, 0.15) is 11.3 Å². The number of anilines is 2. The smallest absolute Gasteiger partial charge is 0.423 e. The van der Waals surface area contributed by atoms with Gasteiger partial charge >= 0.3 is 6.18 Å². The molecule has 0 saturated carbocycles. The zero-order chi connectivity index (χ0) is 19.7. The highest BCUT2D eigenvalue weighted by molar-refractivity contribution is 5.56. The monoisotopic (exact) mass is 383 g/mol. The Morgan fingerprint density at radius 3 is 2.56 bits per heavy atom. The Hall–Kier alpha value is -2.51.